The third kappa shape index (κ3) is 4.01. The molecule has 0 spiro atoms. The Kier molecular flexibility index (Phi) is 5.33. The molecule has 1 saturated heterocycles. The number of amides is 1. The molecule has 30 heavy (non-hydrogen) atoms. The molecular weight excluding hydrogens is 442 g/mol. The fourth-order valence-corrected chi connectivity index (χ4v) is 4.88. The molecule has 5 rings (SSSR count). The highest BCUT2D eigenvalue weighted by Gasteiger charge is 2.28. The van der Waals surface area contributed by atoms with E-state index in [2.05, 4.69) is 55.2 Å². The molecule has 0 radical (unpaired) electrons. The van der Waals surface area contributed by atoms with Gasteiger partial charge in [-0.1, -0.05) is 28.1 Å². The van der Waals surface area contributed by atoms with Crippen LogP contribution in [0.2, 0.25) is 0 Å². The minimum Gasteiger partial charge on any atom is -0.339 e. The van der Waals surface area contributed by atoms with Crippen LogP contribution in [0, 0.1) is 6.92 Å². The van der Waals surface area contributed by atoms with E-state index >= 15 is 0 Å². The highest BCUT2D eigenvalue weighted by Crippen LogP contribution is 2.43. The lowest BCUT2D eigenvalue weighted by atomic mass is 10.1. The van der Waals surface area contributed by atoms with Crippen molar-refractivity contribution in [3.63, 3.8) is 0 Å². The number of aryl methyl sites for hydroxylation is 1. The lowest BCUT2D eigenvalue weighted by molar-refractivity contribution is -0.133. The van der Waals surface area contributed by atoms with Gasteiger partial charge in [-0.2, -0.15) is 5.10 Å². The second kappa shape index (κ2) is 8.12. The van der Waals surface area contributed by atoms with Crippen molar-refractivity contribution in [2.45, 2.75) is 38.8 Å². The molecule has 0 unspecified atom stereocenters. The van der Waals surface area contributed by atoms with Gasteiger partial charge in [0.15, 0.2) is 5.65 Å². The molecule has 0 bridgehead atoms. The second-order valence-corrected chi connectivity index (χ2v) is 9.32. The summed E-state index contributed by atoms with van der Waals surface area (Å²) >= 11 is 3.54. The van der Waals surface area contributed by atoms with Crippen molar-refractivity contribution in [2.24, 2.45) is 0 Å². The van der Waals surface area contributed by atoms with Crippen LogP contribution in [0.1, 0.15) is 35.6 Å². The molecule has 1 aliphatic heterocycles. The van der Waals surface area contributed by atoms with Crippen LogP contribution < -0.4 is 0 Å². The number of hydrogen-bond donors (Lipinski definition) is 0. The van der Waals surface area contributed by atoms with Gasteiger partial charge in [0.2, 0.25) is 5.91 Å². The zero-order chi connectivity index (χ0) is 20.7. The normalized spacial score (nSPS) is 17.6. The van der Waals surface area contributed by atoms with E-state index in [1.54, 1.807) is 4.68 Å². The molecule has 7 heteroatoms. The Morgan fingerprint density at radius 1 is 1.17 bits per heavy atom. The minimum absolute atomic E-state index is 0.125. The van der Waals surface area contributed by atoms with Gasteiger partial charge in [-0.25, -0.2) is 9.67 Å². The Morgan fingerprint density at radius 2 is 1.97 bits per heavy atom. The number of rotatable bonds is 5. The molecule has 1 amide bonds. The van der Waals surface area contributed by atoms with Crippen molar-refractivity contribution in [1.82, 2.24) is 24.6 Å². The van der Waals surface area contributed by atoms with E-state index in [4.69, 9.17) is 0 Å². The third-order valence-corrected chi connectivity index (χ3v) is 6.66. The monoisotopic (exact) mass is 467 g/mol. The first kappa shape index (κ1) is 19.7. The Labute approximate surface area is 185 Å². The molecule has 0 N–H and O–H groups in total. The van der Waals surface area contributed by atoms with Crippen molar-refractivity contribution in [3.8, 4) is 0 Å². The van der Waals surface area contributed by atoms with Crippen LogP contribution in [0.5, 0.6) is 0 Å². The zero-order valence-corrected chi connectivity index (χ0v) is 18.8. The zero-order valence-electron chi connectivity index (χ0n) is 17.2. The number of benzene rings is 1. The quantitative estimate of drug-likeness (QED) is 0.573. The van der Waals surface area contributed by atoms with E-state index in [1.165, 1.54) is 24.0 Å². The highest BCUT2D eigenvalue weighted by atomic mass is 79.9. The first-order valence-corrected chi connectivity index (χ1v) is 11.4. The lowest BCUT2D eigenvalue weighted by Gasteiger charge is -2.34. The van der Waals surface area contributed by atoms with E-state index < -0.39 is 0 Å². The van der Waals surface area contributed by atoms with Crippen molar-refractivity contribution >= 4 is 32.9 Å². The average molecular weight is 468 g/mol. The number of aromatic nitrogens is 3. The van der Waals surface area contributed by atoms with Crippen LogP contribution in [-0.4, -0.2) is 56.7 Å². The van der Waals surface area contributed by atoms with E-state index in [-0.39, 0.29) is 12.5 Å². The fourth-order valence-electron chi connectivity index (χ4n) is 4.43. The summed E-state index contributed by atoms with van der Waals surface area (Å²) in [5.74, 6) is 0.765. The van der Waals surface area contributed by atoms with E-state index in [0.29, 0.717) is 5.92 Å². The Morgan fingerprint density at radius 3 is 2.70 bits per heavy atom. The third-order valence-electron chi connectivity index (χ3n) is 6.16. The molecule has 2 fully saturated rings. The highest BCUT2D eigenvalue weighted by molar-refractivity contribution is 9.10. The summed E-state index contributed by atoms with van der Waals surface area (Å²) in [7, 11) is 0. The van der Waals surface area contributed by atoms with Gasteiger partial charge in [-0.05, 0) is 55.0 Å². The molecular formula is C23H26BrN5O. The molecule has 2 aromatic heterocycles. The number of piperazine rings is 1. The number of halogens is 1. The fraction of sp³-hybridized carbons (Fsp3) is 0.435. The van der Waals surface area contributed by atoms with Gasteiger partial charge < -0.3 is 4.90 Å². The van der Waals surface area contributed by atoms with Gasteiger partial charge in [-0.15, -0.1) is 0 Å². The molecule has 0 atom stereocenters. The van der Waals surface area contributed by atoms with E-state index in [0.717, 1.165) is 53.9 Å². The number of nitrogens with zero attached hydrogens (tertiary/aromatic N) is 5. The number of carbonyl (C=O) groups is 1. The van der Waals surface area contributed by atoms with Gasteiger partial charge in [0.05, 0.1) is 5.69 Å². The first-order chi connectivity index (χ1) is 14.6. The van der Waals surface area contributed by atoms with Crippen LogP contribution in [0.25, 0.3) is 11.0 Å². The minimum atomic E-state index is 0.125. The summed E-state index contributed by atoms with van der Waals surface area (Å²) in [6.45, 7) is 6.49. The Hall–Kier alpha value is -2.25. The maximum atomic E-state index is 13.0. The predicted octanol–water partition coefficient (Wildman–Crippen LogP) is 3.72. The van der Waals surface area contributed by atoms with Crippen molar-refractivity contribution in [1.29, 1.82) is 0 Å². The van der Waals surface area contributed by atoms with E-state index in [1.807, 2.05) is 24.1 Å². The average Bonchev–Trinajstić information content (AvgIpc) is 3.54. The van der Waals surface area contributed by atoms with Crippen molar-refractivity contribution in [2.75, 3.05) is 26.2 Å². The van der Waals surface area contributed by atoms with Gasteiger partial charge >= 0.3 is 0 Å². The number of carbonyl (C=O) groups excluding carboxylic acids is 1. The molecule has 3 heterocycles. The van der Waals surface area contributed by atoms with Crippen LogP contribution in [0.15, 0.2) is 41.0 Å². The van der Waals surface area contributed by atoms with Crippen LogP contribution in [0.4, 0.5) is 0 Å². The summed E-state index contributed by atoms with van der Waals surface area (Å²) < 4.78 is 2.90. The van der Waals surface area contributed by atoms with Crippen LogP contribution >= 0.6 is 15.9 Å². The largest absolute Gasteiger partial charge is 0.339 e. The van der Waals surface area contributed by atoms with Gasteiger partial charge in [0.25, 0.3) is 0 Å². The Balaban J connectivity index is 1.23. The maximum absolute atomic E-state index is 13.0. The van der Waals surface area contributed by atoms with Crippen molar-refractivity contribution < 1.29 is 4.79 Å². The van der Waals surface area contributed by atoms with Crippen LogP contribution in [-0.2, 0) is 17.9 Å². The summed E-state index contributed by atoms with van der Waals surface area (Å²) in [4.78, 5) is 21.9. The summed E-state index contributed by atoms with van der Waals surface area (Å²) in [5, 5.41) is 5.81. The second-order valence-electron chi connectivity index (χ2n) is 8.40. The van der Waals surface area contributed by atoms with E-state index in [9.17, 15) is 4.79 Å². The Bertz CT molecular complexity index is 1080. The molecule has 1 aromatic carbocycles. The molecule has 6 nitrogen and oxygen atoms in total. The molecule has 1 aliphatic carbocycles. The number of fused-ring (bicyclic) bond motifs is 1. The van der Waals surface area contributed by atoms with Gasteiger partial charge in [-0.3, -0.25) is 9.69 Å². The summed E-state index contributed by atoms with van der Waals surface area (Å²) in [6.07, 6.45) is 4.35. The maximum Gasteiger partial charge on any atom is 0.244 e. The predicted molar refractivity (Wildman–Crippen MR) is 120 cm³/mol. The van der Waals surface area contributed by atoms with Crippen LogP contribution in [0.3, 0.4) is 0 Å². The smallest absolute Gasteiger partial charge is 0.244 e. The first-order valence-electron chi connectivity index (χ1n) is 10.6. The summed E-state index contributed by atoms with van der Waals surface area (Å²) in [6, 6.07) is 10.5. The van der Waals surface area contributed by atoms with Gasteiger partial charge in [0, 0.05) is 48.8 Å². The van der Waals surface area contributed by atoms with Crippen molar-refractivity contribution in [3.05, 3.63) is 57.8 Å². The number of hydrogen-bond acceptors (Lipinski definition) is 4. The summed E-state index contributed by atoms with van der Waals surface area (Å²) in [5.41, 5.74) is 4.46. The SMILES string of the molecule is Cc1nn(CC(=O)N2CCN(Cc3cccc(Br)c3)CC2)c2nccc(C3CC3)c12. The topological polar surface area (TPSA) is 54.3 Å². The standard InChI is InChI=1S/C23H26BrN5O/c1-16-22-20(18-5-6-18)7-8-25-23(22)29(26-16)15-21(30)28-11-9-27(10-12-28)14-17-3-2-4-19(24)13-17/h2-4,7-8,13,18H,5-6,9-12,14-15H2,1H3. The molecule has 3 aromatic rings. The molecule has 1 saturated carbocycles. The lowest BCUT2D eigenvalue weighted by Crippen LogP contribution is -2.49. The van der Waals surface area contributed by atoms with Gasteiger partial charge in [0.1, 0.15) is 6.54 Å². The number of pyridine rings is 1. The molecule has 2 aliphatic rings. The molecule has 156 valence electrons.